The molecular weight excluding hydrogens is 268 g/mol. The molecule has 0 radical (unpaired) electrons. The number of hydrogen-bond donors (Lipinski definition) is 0. The van der Waals surface area contributed by atoms with Crippen LogP contribution in [0.2, 0.25) is 0 Å². The fraction of sp³-hybridized carbons (Fsp3) is 0.438. The van der Waals surface area contributed by atoms with E-state index in [1.54, 1.807) is 18.0 Å². The minimum absolute atomic E-state index is 0.0546. The fourth-order valence-electron chi connectivity index (χ4n) is 2.57. The van der Waals surface area contributed by atoms with Gasteiger partial charge in [0.05, 0.1) is 11.0 Å². The highest BCUT2D eigenvalue weighted by Crippen LogP contribution is 2.26. The Balaban J connectivity index is 2.05. The van der Waals surface area contributed by atoms with E-state index >= 15 is 0 Å². The molecule has 0 heterocycles. The Morgan fingerprint density at radius 3 is 2.90 bits per heavy atom. The number of allylic oxidation sites excluding steroid dienone is 2. The van der Waals surface area contributed by atoms with E-state index in [2.05, 4.69) is 12.2 Å². The average Bonchev–Trinajstić information content (AvgIpc) is 2.98. The first-order valence-electron chi connectivity index (χ1n) is 7.15. The summed E-state index contributed by atoms with van der Waals surface area (Å²) in [5.74, 6) is 0.405. The molecule has 1 aliphatic rings. The second-order valence-electron chi connectivity index (χ2n) is 5.50. The number of carbonyl (C=O) groups excluding carboxylic acids is 1. The average molecular weight is 288 g/mol. The topological polar surface area (TPSA) is 63.5 Å². The predicted octanol–water partition coefficient (Wildman–Crippen LogP) is 3.47. The van der Waals surface area contributed by atoms with E-state index in [-0.39, 0.29) is 17.6 Å². The number of amides is 1. The standard InChI is InChI=1S/C16H20N2O3/c1-12(14-8-5-9-15(11-14)18(20)21)17(2)16(19)10-13-6-3-4-7-13/h3,5-6,8-9,11-13H,4,7,10H2,1-2H3/t12-,13-/m1/s1. The zero-order valence-electron chi connectivity index (χ0n) is 12.4. The van der Waals surface area contributed by atoms with E-state index < -0.39 is 4.92 Å². The molecule has 2 atom stereocenters. The van der Waals surface area contributed by atoms with E-state index in [0.29, 0.717) is 12.3 Å². The number of nitrogens with zero attached hydrogens (tertiary/aromatic N) is 2. The van der Waals surface area contributed by atoms with Gasteiger partial charge in [-0.25, -0.2) is 0 Å². The summed E-state index contributed by atoms with van der Waals surface area (Å²) in [4.78, 5) is 24.4. The first kappa shape index (κ1) is 15.2. The van der Waals surface area contributed by atoms with Crippen LogP contribution in [-0.4, -0.2) is 22.8 Å². The summed E-state index contributed by atoms with van der Waals surface area (Å²) in [5, 5.41) is 10.8. The summed E-state index contributed by atoms with van der Waals surface area (Å²) in [6.45, 7) is 1.89. The lowest BCUT2D eigenvalue weighted by Crippen LogP contribution is -2.30. The summed E-state index contributed by atoms with van der Waals surface area (Å²) in [6, 6.07) is 6.28. The van der Waals surface area contributed by atoms with Crippen molar-refractivity contribution in [3.05, 3.63) is 52.1 Å². The van der Waals surface area contributed by atoms with Crippen LogP contribution in [0.4, 0.5) is 5.69 Å². The third-order valence-corrected chi connectivity index (χ3v) is 4.09. The third kappa shape index (κ3) is 3.68. The number of hydrogen-bond acceptors (Lipinski definition) is 3. The van der Waals surface area contributed by atoms with Gasteiger partial charge in [0.2, 0.25) is 5.91 Å². The lowest BCUT2D eigenvalue weighted by atomic mass is 10.0. The molecule has 5 heteroatoms. The summed E-state index contributed by atoms with van der Waals surface area (Å²) in [7, 11) is 1.75. The van der Waals surface area contributed by atoms with E-state index in [0.717, 1.165) is 18.4 Å². The number of nitro benzene ring substituents is 1. The van der Waals surface area contributed by atoms with Crippen LogP contribution in [0.15, 0.2) is 36.4 Å². The van der Waals surface area contributed by atoms with Gasteiger partial charge in [0.1, 0.15) is 0 Å². The lowest BCUT2D eigenvalue weighted by molar-refractivity contribution is -0.384. The van der Waals surface area contributed by atoms with Crippen molar-refractivity contribution < 1.29 is 9.72 Å². The van der Waals surface area contributed by atoms with Crippen LogP contribution in [0.1, 0.15) is 37.8 Å². The van der Waals surface area contributed by atoms with Crippen LogP contribution in [0.25, 0.3) is 0 Å². The number of non-ortho nitro benzene ring substituents is 1. The molecule has 112 valence electrons. The molecule has 0 fully saturated rings. The quantitative estimate of drug-likeness (QED) is 0.473. The highest BCUT2D eigenvalue weighted by atomic mass is 16.6. The molecule has 0 unspecified atom stereocenters. The first-order chi connectivity index (χ1) is 9.99. The molecule has 0 aromatic heterocycles. The van der Waals surface area contributed by atoms with Gasteiger partial charge in [-0.15, -0.1) is 0 Å². The number of benzene rings is 1. The minimum Gasteiger partial charge on any atom is -0.339 e. The van der Waals surface area contributed by atoms with E-state index in [1.165, 1.54) is 12.1 Å². The van der Waals surface area contributed by atoms with Gasteiger partial charge in [-0.3, -0.25) is 14.9 Å². The number of carbonyl (C=O) groups is 1. The van der Waals surface area contributed by atoms with Gasteiger partial charge in [0, 0.05) is 25.6 Å². The monoisotopic (exact) mass is 288 g/mol. The van der Waals surface area contributed by atoms with Crippen LogP contribution in [-0.2, 0) is 4.79 Å². The van der Waals surface area contributed by atoms with Crippen molar-refractivity contribution in [3.8, 4) is 0 Å². The van der Waals surface area contributed by atoms with Gasteiger partial charge in [0.15, 0.2) is 0 Å². The largest absolute Gasteiger partial charge is 0.339 e. The molecule has 2 rings (SSSR count). The summed E-state index contributed by atoms with van der Waals surface area (Å²) >= 11 is 0. The van der Waals surface area contributed by atoms with Crippen LogP contribution < -0.4 is 0 Å². The highest BCUT2D eigenvalue weighted by Gasteiger charge is 2.22. The van der Waals surface area contributed by atoms with Gasteiger partial charge >= 0.3 is 0 Å². The van der Waals surface area contributed by atoms with Crippen molar-refractivity contribution in [2.24, 2.45) is 5.92 Å². The normalized spacial score (nSPS) is 18.5. The van der Waals surface area contributed by atoms with Crippen molar-refractivity contribution in [2.45, 2.75) is 32.2 Å². The Morgan fingerprint density at radius 2 is 2.29 bits per heavy atom. The molecule has 5 nitrogen and oxygen atoms in total. The molecule has 1 aliphatic carbocycles. The second kappa shape index (κ2) is 6.52. The Kier molecular flexibility index (Phi) is 4.73. The molecule has 0 saturated heterocycles. The van der Waals surface area contributed by atoms with Gasteiger partial charge in [0.25, 0.3) is 5.69 Å². The van der Waals surface area contributed by atoms with Gasteiger partial charge in [-0.2, -0.15) is 0 Å². The van der Waals surface area contributed by atoms with E-state index in [9.17, 15) is 14.9 Å². The smallest absolute Gasteiger partial charge is 0.269 e. The maximum Gasteiger partial charge on any atom is 0.269 e. The van der Waals surface area contributed by atoms with Crippen LogP contribution in [0.3, 0.4) is 0 Å². The van der Waals surface area contributed by atoms with Crippen molar-refractivity contribution in [3.63, 3.8) is 0 Å². The fourth-order valence-corrected chi connectivity index (χ4v) is 2.57. The molecular formula is C16H20N2O3. The van der Waals surface area contributed by atoms with Crippen molar-refractivity contribution in [2.75, 3.05) is 7.05 Å². The molecule has 1 aromatic carbocycles. The zero-order valence-corrected chi connectivity index (χ0v) is 12.4. The lowest BCUT2D eigenvalue weighted by Gasteiger charge is -2.26. The van der Waals surface area contributed by atoms with Gasteiger partial charge in [-0.05, 0) is 31.2 Å². The maximum atomic E-state index is 12.3. The van der Waals surface area contributed by atoms with Crippen LogP contribution in [0.5, 0.6) is 0 Å². The van der Waals surface area contributed by atoms with Gasteiger partial charge < -0.3 is 4.90 Å². The Morgan fingerprint density at radius 1 is 1.52 bits per heavy atom. The highest BCUT2D eigenvalue weighted by molar-refractivity contribution is 5.77. The summed E-state index contributed by atoms with van der Waals surface area (Å²) in [5.41, 5.74) is 0.834. The van der Waals surface area contributed by atoms with E-state index in [1.807, 2.05) is 13.0 Å². The first-order valence-corrected chi connectivity index (χ1v) is 7.15. The van der Waals surface area contributed by atoms with Crippen LogP contribution >= 0.6 is 0 Å². The molecule has 0 N–H and O–H groups in total. The SMILES string of the molecule is C[C@H](c1cccc([N+](=O)[O-])c1)N(C)C(=O)C[C@@H]1C=CCC1. The predicted molar refractivity (Wildman–Crippen MR) is 80.8 cm³/mol. The van der Waals surface area contributed by atoms with Crippen molar-refractivity contribution in [1.29, 1.82) is 0 Å². The summed E-state index contributed by atoms with van der Waals surface area (Å²) in [6.07, 6.45) is 6.80. The molecule has 0 aliphatic heterocycles. The third-order valence-electron chi connectivity index (χ3n) is 4.09. The minimum atomic E-state index is -0.415. The molecule has 0 spiro atoms. The van der Waals surface area contributed by atoms with Crippen molar-refractivity contribution >= 4 is 11.6 Å². The van der Waals surface area contributed by atoms with E-state index in [4.69, 9.17) is 0 Å². The number of rotatable bonds is 5. The second-order valence-corrected chi connectivity index (χ2v) is 5.50. The Bertz CT molecular complexity index is 568. The Hall–Kier alpha value is -2.17. The molecule has 1 amide bonds. The molecule has 21 heavy (non-hydrogen) atoms. The number of nitro groups is 1. The Labute approximate surface area is 124 Å². The summed E-state index contributed by atoms with van der Waals surface area (Å²) < 4.78 is 0. The van der Waals surface area contributed by atoms with Gasteiger partial charge in [-0.1, -0.05) is 24.3 Å². The molecule has 0 saturated carbocycles. The molecule has 0 bridgehead atoms. The van der Waals surface area contributed by atoms with Crippen molar-refractivity contribution in [1.82, 2.24) is 4.90 Å². The maximum absolute atomic E-state index is 12.3. The zero-order chi connectivity index (χ0) is 15.4. The molecule has 1 aromatic rings. The van der Waals surface area contributed by atoms with Crippen LogP contribution in [0, 0.1) is 16.0 Å².